The number of morpholine rings is 1. The molecule has 1 heterocycles. The highest BCUT2D eigenvalue weighted by molar-refractivity contribution is 6.30. The Kier molecular flexibility index (Phi) is 5.90. The first-order chi connectivity index (χ1) is 12.7. The lowest BCUT2D eigenvalue weighted by atomic mass is 10.1. The monoisotopic (exact) mass is 367 g/mol. The molecule has 26 heavy (non-hydrogen) atoms. The van der Waals surface area contributed by atoms with Crippen LogP contribution in [0.25, 0.3) is 6.08 Å². The zero-order valence-electron chi connectivity index (χ0n) is 14.1. The van der Waals surface area contributed by atoms with Crippen molar-refractivity contribution in [2.75, 3.05) is 36.5 Å². The number of anilines is 2. The van der Waals surface area contributed by atoms with E-state index in [4.69, 9.17) is 16.3 Å². The van der Waals surface area contributed by atoms with Gasteiger partial charge in [0.05, 0.1) is 13.2 Å². The number of hydrogen-bond acceptors (Lipinski definition) is 4. The highest BCUT2D eigenvalue weighted by atomic mass is 35.5. The Morgan fingerprint density at radius 2 is 1.77 bits per heavy atom. The fourth-order valence-corrected chi connectivity index (χ4v) is 2.78. The van der Waals surface area contributed by atoms with Crippen molar-refractivity contribution >= 4 is 35.0 Å². The molecule has 1 aliphatic heterocycles. The summed E-state index contributed by atoms with van der Waals surface area (Å²) in [7, 11) is 0. The average Bonchev–Trinajstić information content (AvgIpc) is 2.68. The van der Waals surface area contributed by atoms with Crippen LogP contribution in [0.4, 0.5) is 11.4 Å². The quantitative estimate of drug-likeness (QED) is 0.660. The van der Waals surface area contributed by atoms with Gasteiger partial charge in [0, 0.05) is 29.5 Å². The molecule has 1 amide bonds. The van der Waals surface area contributed by atoms with Gasteiger partial charge in [-0.3, -0.25) is 4.79 Å². The van der Waals surface area contributed by atoms with E-state index in [9.17, 15) is 10.1 Å². The zero-order valence-corrected chi connectivity index (χ0v) is 14.9. The van der Waals surface area contributed by atoms with Crippen molar-refractivity contribution in [3.05, 3.63) is 64.7 Å². The molecule has 0 aromatic heterocycles. The van der Waals surface area contributed by atoms with Gasteiger partial charge in [0.25, 0.3) is 5.91 Å². The third-order valence-corrected chi connectivity index (χ3v) is 4.30. The predicted molar refractivity (Wildman–Crippen MR) is 103 cm³/mol. The van der Waals surface area contributed by atoms with Gasteiger partial charge in [-0.2, -0.15) is 5.26 Å². The maximum Gasteiger partial charge on any atom is 0.266 e. The number of hydrogen-bond donors (Lipinski definition) is 1. The lowest BCUT2D eigenvalue weighted by Crippen LogP contribution is -2.36. The average molecular weight is 368 g/mol. The van der Waals surface area contributed by atoms with Crippen LogP contribution in [-0.4, -0.2) is 32.2 Å². The van der Waals surface area contributed by atoms with Gasteiger partial charge in [0.15, 0.2) is 0 Å². The van der Waals surface area contributed by atoms with Crippen LogP contribution in [0.5, 0.6) is 0 Å². The van der Waals surface area contributed by atoms with Crippen LogP contribution >= 0.6 is 11.6 Å². The minimum absolute atomic E-state index is 0.0320. The Bertz CT molecular complexity index is 833. The van der Waals surface area contributed by atoms with Crippen LogP contribution in [0.1, 0.15) is 5.56 Å². The van der Waals surface area contributed by atoms with E-state index in [0.717, 1.165) is 37.6 Å². The van der Waals surface area contributed by atoms with Crippen LogP contribution in [0.2, 0.25) is 5.02 Å². The van der Waals surface area contributed by atoms with Crippen LogP contribution in [0, 0.1) is 11.3 Å². The highest BCUT2D eigenvalue weighted by Crippen LogP contribution is 2.20. The molecule has 1 fully saturated rings. The maximum atomic E-state index is 12.3. The van der Waals surface area contributed by atoms with Gasteiger partial charge in [-0.05, 0) is 48.0 Å². The first kappa shape index (κ1) is 18.0. The Labute approximate surface area is 157 Å². The molecule has 5 nitrogen and oxygen atoms in total. The van der Waals surface area contributed by atoms with Gasteiger partial charge in [-0.1, -0.05) is 23.7 Å². The number of carbonyl (C=O) groups is 1. The molecule has 0 radical (unpaired) electrons. The zero-order chi connectivity index (χ0) is 18.4. The smallest absolute Gasteiger partial charge is 0.266 e. The number of benzene rings is 2. The summed E-state index contributed by atoms with van der Waals surface area (Å²) in [5, 5.41) is 12.6. The number of nitrogens with one attached hydrogen (secondary N) is 1. The van der Waals surface area contributed by atoms with Crippen molar-refractivity contribution in [2.24, 2.45) is 0 Å². The Morgan fingerprint density at radius 3 is 2.38 bits per heavy atom. The molecule has 0 saturated carbocycles. The lowest BCUT2D eigenvalue weighted by molar-refractivity contribution is -0.112. The van der Waals surface area contributed by atoms with E-state index < -0.39 is 5.91 Å². The van der Waals surface area contributed by atoms with Gasteiger partial charge in [0.2, 0.25) is 0 Å². The molecule has 0 unspecified atom stereocenters. The van der Waals surface area contributed by atoms with E-state index in [0.29, 0.717) is 10.7 Å². The normalized spacial score (nSPS) is 14.6. The Morgan fingerprint density at radius 1 is 1.12 bits per heavy atom. The minimum atomic E-state index is -0.443. The van der Waals surface area contributed by atoms with Crippen molar-refractivity contribution in [3.63, 3.8) is 0 Å². The van der Waals surface area contributed by atoms with Gasteiger partial charge in [-0.25, -0.2) is 0 Å². The summed E-state index contributed by atoms with van der Waals surface area (Å²) in [6, 6.07) is 16.5. The highest BCUT2D eigenvalue weighted by Gasteiger charge is 2.12. The number of ether oxygens (including phenoxy) is 1. The van der Waals surface area contributed by atoms with Gasteiger partial charge < -0.3 is 15.0 Å². The number of nitriles is 1. The molecule has 132 valence electrons. The Hall–Kier alpha value is -2.81. The van der Waals surface area contributed by atoms with E-state index in [2.05, 4.69) is 10.2 Å². The second-order valence-corrected chi connectivity index (χ2v) is 6.26. The molecule has 1 N–H and O–H groups in total. The van der Waals surface area contributed by atoms with Crippen LogP contribution in [0.3, 0.4) is 0 Å². The number of halogens is 1. The number of rotatable bonds is 4. The molecule has 0 bridgehead atoms. The van der Waals surface area contributed by atoms with Crippen molar-refractivity contribution in [1.82, 2.24) is 0 Å². The van der Waals surface area contributed by atoms with E-state index >= 15 is 0 Å². The molecule has 6 heteroatoms. The summed E-state index contributed by atoms with van der Waals surface area (Å²) < 4.78 is 5.35. The van der Waals surface area contributed by atoms with Crippen molar-refractivity contribution in [2.45, 2.75) is 0 Å². The fourth-order valence-electron chi connectivity index (χ4n) is 2.65. The van der Waals surface area contributed by atoms with E-state index in [1.165, 1.54) is 6.08 Å². The topological polar surface area (TPSA) is 65.4 Å². The third-order valence-electron chi connectivity index (χ3n) is 4.05. The third kappa shape index (κ3) is 4.63. The Balaban J connectivity index is 1.68. The molecule has 2 aromatic carbocycles. The van der Waals surface area contributed by atoms with Crippen molar-refractivity contribution < 1.29 is 9.53 Å². The summed E-state index contributed by atoms with van der Waals surface area (Å²) in [6.45, 7) is 3.15. The summed E-state index contributed by atoms with van der Waals surface area (Å²) in [5.74, 6) is -0.443. The van der Waals surface area contributed by atoms with Crippen LogP contribution < -0.4 is 10.2 Å². The fraction of sp³-hybridized carbons (Fsp3) is 0.200. The molecule has 0 atom stereocenters. The van der Waals surface area contributed by atoms with E-state index in [1.54, 1.807) is 24.3 Å². The second-order valence-electron chi connectivity index (χ2n) is 5.82. The van der Waals surface area contributed by atoms with Gasteiger partial charge in [0.1, 0.15) is 11.6 Å². The SMILES string of the molecule is N#C/C(=C\c1ccc(Cl)cc1)C(=O)Nc1ccc(N2CCOCC2)cc1. The van der Waals surface area contributed by atoms with Crippen molar-refractivity contribution in [1.29, 1.82) is 5.26 Å². The van der Waals surface area contributed by atoms with Gasteiger partial charge >= 0.3 is 0 Å². The standard InChI is InChI=1S/C20H18ClN3O2/c21-17-3-1-15(2-4-17)13-16(14-22)20(25)23-18-5-7-19(8-6-18)24-9-11-26-12-10-24/h1-8,13H,9-12H2,(H,23,25)/b16-13+. The predicted octanol–water partition coefficient (Wildman–Crippen LogP) is 3.72. The van der Waals surface area contributed by atoms with E-state index in [1.807, 2.05) is 30.3 Å². The molecule has 3 rings (SSSR count). The van der Waals surface area contributed by atoms with Crippen LogP contribution in [-0.2, 0) is 9.53 Å². The molecule has 0 spiro atoms. The summed E-state index contributed by atoms with van der Waals surface area (Å²) in [4.78, 5) is 14.6. The minimum Gasteiger partial charge on any atom is -0.378 e. The molecule has 1 saturated heterocycles. The maximum absolute atomic E-state index is 12.3. The van der Waals surface area contributed by atoms with Crippen molar-refractivity contribution in [3.8, 4) is 6.07 Å². The molecule has 1 aliphatic rings. The first-order valence-electron chi connectivity index (χ1n) is 8.27. The molecular weight excluding hydrogens is 350 g/mol. The summed E-state index contributed by atoms with van der Waals surface area (Å²) in [6.07, 6.45) is 1.54. The molecular formula is C20H18ClN3O2. The largest absolute Gasteiger partial charge is 0.378 e. The number of carbonyl (C=O) groups excluding carboxylic acids is 1. The number of nitrogens with zero attached hydrogens (tertiary/aromatic N) is 2. The summed E-state index contributed by atoms with van der Waals surface area (Å²) in [5.41, 5.74) is 2.50. The summed E-state index contributed by atoms with van der Waals surface area (Å²) >= 11 is 5.85. The number of amides is 1. The first-order valence-corrected chi connectivity index (χ1v) is 8.65. The lowest BCUT2D eigenvalue weighted by Gasteiger charge is -2.28. The molecule has 0 aliphatic carbocycles. The van der Waals surface area contributed by atoms with Crippen LogP contribution in [0.15, 0.2) is 54.1 Å². The second kappa shape index (κ2) is 8.52. The molecule has 2 aromatic rings. The van der Waals surface area contributed by atoms with E-state index in [-0.39, 0.29) is 5.57 Å². The van der Waals surface area contributed by atoms with Gasteiger partial charge in [-0.15, -0.1) is 0 Å².